The van der Waals surface area contributed by atoms with Crippen molar-refractivity contribution in [3.8, 4) is 11.5 Å². The Morgan fingerprint density at radius 3 is 2.83 bits per heavy atom. The Morgan fingerprint density at radius 1 is 1.50 bits per heavy atom. The van der Waals surface area contributed by atoms with E-state index < -0.39 is 4.92 Å². The monoisotopic (exact) mass is 247 g/mol. The average molecular weight is 247 g/mol. The van der Waals surface area contributed by atoms with Crippen LogP contribution in [0.3, 0.4) is 0 Å². The molecule has 1 heterocycles. The lowest BCUT2D eigenvalue weighted by Crippen LogP contribution is -1.93. The summed E-state index contributed by atoms with van der Waals surface area (Å²) in [7, 11) is 1.73. The maximum Gasteiger partial charge on any atom is 0.270 e. The van der Waals surface area contributed by atoms with Gasteiger partial charge < -0.3 is 4.74 Å². The average Bonchev–Trinajstić information content (AvgIpc) is 2.75. The van der Waals surface area contributed by atoms with E-state index in [1.165, 1.54) is 24.4 Å². The Balaban J connectivity index is 2.33. The van der Waals surface area contributed by atoms with Crippen molar-refractivity contribution in [3.05, 3.63) is 46.3 Å². The maximum absolute atomic E-state index is 10.9. The third-order valence-electron chi connectivity index (χ3n) is 2.24. The molecule has 0 amide bonds. The first-order valence-corrected chi connectivity index (χ1v) is 5.00. The fourth-order valence-electron chi connectivity index (χ4n) is 1.41. The minimum absolute atomic E-state index is 0.119. The molecule has 2 rings (SSSR count). The van der Waals surface area contributed by atoms with E-state index in [4.69, 9.17) is 4.74 Å². The van der Waals surface area contributed by atoms with Crippen LogP contribution in [0, 0.1) is 10.1 Å². The van der Waals surface area contributed by atoms with Crippen LogP contribution in [0.15, 0.2) is 30.6 Å². The highest BCUT2D eigenvalue weighted by Gasteiger charge is 2.12. The summed E-state index contributed by atoms with van der Waals surface area (Å²) in [6.07, 6.45) is 3.62. The van der Waals surface area contributed by atoms with Gasteiger partial charge in [0.25, 0.3) is 5.69 Å². The van der Waals surface area contributed by atoms with E-state index in [9.17, 15) is 14.9 Å². The molecule has 2 aromatic rings. The Morgan fingerprint density at radius 2 is 2.28 bits per heavy atom. The van der Waals surface area contributed by atoms with Crippen LogP contribution < -0.4 is 4.74 Å². The molecule has 0 unspecified atom stereocenters. The number of benzene rings is 1. The normalized spacial score (nSPS) is 10.1. The van der Waals surface area contributed by atoms with Crippen LogP contribution in [0.4, 0.5) is 5.69 Å². The highest BCUT2D eigenvalue weighted by molar-refractivity contribution is 5.80. The van der Waals surface area contributed by atoms with Crippen LogP contribution >= 0.6 is 0 Å². The summed E-state index contributed by atoms with van der Waals surface area (Å²) >= 11 is 0. The fourth-order valence-corrected chi connectivity index (χ4v) is 1.41. The molecule has 0 aliphatic heterocycles. The van der Waals surface area contributed by atoms with Crippen LogP contribution in [-0.4, -0.2) is 21.0 Å². The van der Waals surface area contributed by atoms with Crippen molar-refractivity contribution in [1.29, 1.82) is 0 Å². The Labute approximate surface area is 102 Å². The molecule has 0 N–H and O–H groups in total. The summed E-state index contributed by atoms with van der Waals surface area (Å²) < 4.78 is 6.96. The third-order valence-corrected chi connectivity index (χ3v) is 2.24. The number of nitrogens with zero attached hydrogens (tertiary/aromatic N) is 3. The molecule has 0 bridgehead atoms. The predicted octanol–water partition coefficient (Wildman–Crippen LogP) is 1.93. The van der Waals surface area contributed by atoms with Gasteiger partial charge in [0.15, 0.2) is 12.0 Å². The van der Waals surface area contributed by atoms with Gasteiger partial charge in [0.05, 0.1) is 22.9 Å². The molecule has 0 radical (unpaired) electrons. The number of nitro benzene ring substituents is 1. The van der Waals surface area contributed by atoms with Gasteiger partial charge in [0.2, 0.25) is 0 Å². The topological polar surface area (TPSA) is 87.3 Å². The number of rotatable bonds is 4. The van der Waals surface area contributed by atoms with E-state index in [1.54, 1.807) is 17.9 Å². The summed E-state index contributed by atoms with van der Waals surface area (Å²) in [5.41, 5.74) is -0.0383. The number of aromatic nitrogens is 2. The highest BCUT2D eigenvalue weighted by atomic mass is 16.6. The number of carbonyl (C=O) groups is 1. The Kier molecular flexibility index (Phi) is 3.05. The molecular weight excluding hydrogens is 238 g/mol. The van der Waals surface area contributed by atoms with E-state index in [1.807, 2.05) is 0 Å². The number of nitro groups is 1. The van der Waals surface area contributed by atoms with Gasteiger partial charge in [-0.05, 0) is 6.07 Å². The molecule has 0 saturated carbocycles. The van der Waals surface area contributed by atoms with Crippen molar-refractivity contribution in [3.63, 3.8) is 0 Å². The lowest BCUT2D eigenvalue weighted by atomic mass is 10.2. The van der Waals surface area contributed by atoms with Crippen molar-refractivity contribution in [2.45, 2.75) is 0 Å². The minimum atomic E-state index is -0.569. The second kappa shape index (κ2) is 4.66. The van der Waals surface area contributed by atoms with Crippen LogP contribution in [0.5, 0.6) is 11.5 Å². The molecule has 18 heavy (non-hydrogen) atoms. The Hall–Kier alpha value is -2.70. The lowest BCUT2D eigenvalue weighted by molar-refractivity contribution is -0.384. The van der Waals surface area contributed by atoms with Crippen LogP contribution in [-0.2, 0) is 7.05 Å². The zero-order chi connectivity index (χ0) is 13.1. The number of carbonyl (C=O) groups excluding carboxylic acids is 1. The van der Waals surface area contributed by atoms with Crippen LogP contribution in [0.25, 0.3) is 0 Å². The summed E-state index contributed by atoms with van der Waals surface area (Å²) in [4.78, 5) is 20.9. The molecule has 1 aromatic carbocycles. The standard InChI is InChI=1S/C11H9N3O4/c1-13-6-10(5-12-13)18-11-3-2-9(14(16)17)4-8(11)7-15/h2-7H,1H3. The van der Waals surface area contributed by atoms with E-state index in [0.29, 0.717) is 12.0 Å². The number of hydrogen-bond acceptors (Lipinski definition) is 5. The number of aryl methyl sites for hydroxylation is 1. The molecule has 7 nitrogen and oxygen atoms in total. The first-order valence-electron chi connectivity index (χ1n) is 5.00. The summed E-state index contributed by atoms with van der Waals surface area (Å²) in [6, 6.07) is 3.83. The number of ether oxygens (including phenoxy) is 1. The van der Waals surface area contributed by atoms with Crippen molar-refractivity contribution in [1.82, 2.24) is 9.78 Å². The van der Waals surface area contributed by atoms with E-state index >= 15 is 0 Å². The van der Waals surface area contributed by atoms with Crippen molar-refractivity contribution >= 4 is 12.0 Å². The second-order valence-corrected chi connectivity index (χ2v) is 3.55. The first kappa shape index (κ1) is 11.8. The van der Waals surface area contributed by atoms with Gasteiger partial charge in [0, 0.05) is 19.2 Å². The Bertz CT molecular complexity index is 606. The zero-order valence-electron chi connectivity index (χ0n) is 9.44. The summed E-state index contributed by atoms with van der Waals surface area (Å²) in [6.45, 7) is 0. The zero-order valence-corrected chi connectivity index (χ0v) is 9.44. The molecule has 0 fully saturated rings. The van der Waals surface area contributed by atoms with Gasteiger partial charge in [0.1, 0.15) is 5.75 Å². The number of aldehydes is 1. The summed E-state index contributed by atoms with van der Waals surface area (Å²) in [5, 5.41) is 14.5. The molecule has 1 aromatic heterocycles. The summed E-state index contributed by atoms with van der Waals surface area (Å²) in [5.74, 6) is 0.707. The van der Waals surface area contributed by atoms with E-state index in [2.05, 4.69) is 5.10 Å². The van der Waals surface area contributed by atoms with Gasteiger partial charge in [-0.1, -0.05) is 0 Å². The van der Waals surface area contributed by atoms with Crippen molar-refractivity contribution in [2.75, 3.05) is 0 Å². The molecular formula is C11H9N3O4. The molecule has 0 spiro atoms. The molecule has 0 aliphatic carbocycles. The predicted molar refractivity (Wildman–Crippen MR) is 61.8 cm³/mol. The smallest absolute Gasteiger partial charge is 0.270 e. The van der Waals surface area contributed by atoms with Crippen LogP contribution in [0.1, 0.15) is 10.4 Å². The molecule has 0 atom stereocenters. The minimum Gasteiger partial charge on any atom is -0.453 e. The van der Waals surface area contributed by atoms with Gasteiger partial charge in [-0.15, -0.1) is 0 Å². The quantitative estimate of drug-likeness (QED) is 0.468. The van der Waals surface area contributed by atoms with Crippen LogP contribution in [0.2, 0.25) is 0 Å². The third kappa shape index (κ3) is 2.34. The SMILES string of the molecule is Cn1cc(Oc2ccc([N+](=O)[O-])cc2C=O)cn1. The fraction of sp³-hybridized carbons (Fsp3) is 0.0909. The van der Waals surface area contributed by atoms with Crippen molar-refractivity contribution < 1.29 is 14.5 Å². The van der Waals surface area contributed by atoms with Gasteiger partial charge in [-0.2, -0.15) is 5.10 Å². The largest absolute Gasteiger partial charge is 0.453 e. The highest BCUT2D eigenvalue weighted by Crippen LogP contribution is 2.27. The number of hydrogen-bond donors (Lipinski definition) is 0. The molecule has 7 heteroatoms. The van der Waals surface area contributed by atoms with Gasteiger partial charge in [-0.25, -0.2) is 0 Å². The molecule has 0 aliphatic rings. The maximum atomic E-state index is 10.9. The van der Waals surface area contributed by atoms with Gasteiger partial charge in [-0.3, -0.25) is 19.6 Å². The molecule has 92 valence electrons. The lowest BCUT2D eigenvalue weighted by Gasteiger charge is -2.04. The number of non-ortho nitro benzene ring substituents is 1. The van der Waals surface area contributed by atoms with E-state index in [-0.39, 0.29) is 17.0 Å². The van der Waals surface area contributed by atoms with Gasteiger partial charge >= 0.3 is 0 Å². The van der Waals surface area contributed by atoms with Crippen molar-refractivity contribution in [2.24, 2.45) is 7.05 Å². The van der Waals surface area contributed by atoms with E-state index in [0.717, 1.165) is 0 Å². The second-order valence-electron chi connectivity index (χ2n) is 3.55. The first-order chi connectivity index (χ1) is 8.60. The molecule has 0 saturated heterocycles.